The quantitative estimate of drug-likeness (QED) is 0.867. The van der Waals surface area contributed by atoms with Crippen LogP contribution in [0.25, 0.3) is 0 Å². The number of alkyl halides is 3. The largest absolute Gasteiger partial charge is 0.488 e. The fraction of sp³-hybridized carbons (Fsp3) is 0.500. The molecular weight excluding hydrogens is 231 g/mol. The van der Waals surface area contributed by atoms with Crippen molar-refractivity contribution in [3.63, 3.8) is 0 Å². The van der Waals surface area contributed by atoms with Crippen molar-refractivity contribution in [3.8, 4) is 5.75 Å². The van der Waals surface area contributed by atoms with Crippen LogP contribution in [0.15, 0.2) is 24.3 Å². The Morgan fingerprint density at radius 1 is 1.29 bits per heavy atom. The van der Waals surface area contributed by atoms with Crippen LogP contribution in [0, 0.1) is 0 Å². The predicted molar refractivity (Wildman–Crippen MR) is 59.8 cm³/mol. The molecule has 0 saturated heterocycles. The number of hydrogen-bond donors (Lipinski definition) is 1. The Balaban J connectivity index is 2.90. The lowest BCUT2D eigenvalue weighted by atomic mass is 10.1. The molecule has 2 nitrogen and oxygen atoms in total. The monoisotopic (exact) mass is 247 g/mol. The molecule has 0 aliphatic rings. The summed E-state index contributed by atoms with van der Waals surface area (Å²) in [5.74, 6) is -0.149. The summed E-state index contributed by atoms with van der Waals surface area (Å²) in [6.07, 6.45) is -3.32. The molecule has 0 aliphatic heterocycles. The summed E-state index contributed by atoms with van der Waals surface area (Å²) in [6.45, 7) is 2.14. The van der Waals surface area contributed by atoms with Gasteiger partial charge in [0.05, 0.1) is 5.56 Å². The maximum atomic E-state index is 12.7. The van der Waals surface area contributed by atoms with Crippen LogP contribution in [-0.2, 0) is 6.18 Å². The minimum atomic E-state index is -4.40. The molecule has 0 radical (unpaired) electrons. The van der Waals surface area contributed by atoms with E-state index in [1.807, 2.05) is 6.92 Å². The lowest BCUT2D eigenvalue weighted by molar-refractivity contribution is -0.139. The Bertz CT molecular complexity index is 352. The highest BCUT2D eigenvalue weighted by Gasteiger charge is 2.34. The van der Waals surface area contributed by atoms with Crippen molar-refractivity contribution in [2.24, 2.45) is 5.73 Å². The molecular formula is C12H16F3NO. The van der Waals surface area contributed by atoms with E-state index in [2.05, 4.69) is 0 Å². The van der Waals surface area contributed by atoms with Gasteiger partial charge in [0.1, 0.15) is 11.9 Å². The molecule has 96 valence electrons. The van der Waals surface area contributed by atoms with Gasteiger partial charge < -0.3 is 10.5 Å². The molecule has 0 amide bonds. The molecule has 1 unspecified atom stereocenters. The molecule has 17 heavy (non-hydrogen) atoms. The van der Waals surface area contributed by atoms with Gasteiger partial charge in [0.2, 0.25) is 0 Å². The molecule has 0 heterocycles. The van der Waals surface area contributed by atoms with Gasteiger partial charge in [0, 0.05) is 6.54 Å². The number of rotatable bonds is 5. The van der Waals surface area contributed by atoms with E-state index in [1.54, 1.807) is 0 Å². The van der Waals surface area contributed by atoms with Gasteiger partial charge in [-0.25, -0.2) is 0 Å². The summed E-state index contributed by atoms with van der Waals surface area (Å²) in [4.78, 5) is 0. The van der Waals surface area contributed by atoms with Crippen LogP contribution in [0.5, 0.6) is 5.75 Å². The third-order valence-electron chi connectivity index (χ3n) is 2.36. The first-order valence-electron chi connectivity index (χ1n) is 5.52. The Hall–Kier alpha value is -1.23. The smallest absolute Gasteiger partial charge is 0.419 e. The summed E-state index contributed by atoms with van der Waals surface area (Å²) in [7, 11) is 0. The first kappa shape index (κ1) is 13.8. The zero-order valence-electron chi connectivity index (χ0n) is 9.63. The highest BCUT2D eigenvalue weighted by Crippen LogP contribution is 2.36. The van der Waals surface area contributed by atoms with E-state index in [9.17, 15) is 13.2 Å². The topological polar surface area (TPSA) is 35.2 Å². The van der Waals surface area contributed by atoms with Gasteiger partial charge in [-0.3, -0.25) is 0 Å². The maximum absolute atomic E-state index is 12.7. The summed E-state index contributed by atoms with van der Waals surface area (Å²) >= 11 is 0. The molecule has 0 saturated carbocycles. The van der Waals surface area contributed by atoms with Crippen molar-refractivity contribution in [2.75, 3.05) is 6.54 Å². The average molecular weight is 247 g/mol. The van der Waals surface area contributed by atoms with Crippen molar-refractivity contribution in [3.05, 3.63) is 29.8 Å². The second-order valence-electron chi connectivity index (χ2n) is 3.76. The van der Waals surface area contributed by atoms with Gasteiger partial charge in [0.15, 0.2) is 0 Å². The van der Waals surface area contributed by atoms with Crippen molar-refractivity contribution >= 4 is 0 Å². The van der Waals surface area contributed by atoms with E-state index in [0.29, 0.717) is 6.42 Å². The van der Waals surface area contributed by atoms with E-state index in [4.69, 9.17) is 10.5 Å². The molecule has 0 bridgehead atoms. The van der Waals surface area contributed by atoms with Gasteiger partial charge in [-0.15, -0.1) is 0 Å². The van der Waals surface area contributed by atoms with E-state index in [0.717, 1.165) is 12.5 Å². The van der Waals surface area contributed by atoms with Crippen LogP contribution < -0.4 is 10.5 Å². The van der Waals surface area contributed by atoms with Crippen LogP contribution in [0.3, 0.4) is 0 Å². The number of nitrogens with two attached hydrogens (primary N) is 1. The fourth-order valence-corrected chi connectivity index (χ4v) is 1.53. The Morgan fingerprint density at radius 3 is 2.47 bits per heavy atom. The predicted octanol–water partition coefficient (Wildman–Crippen LogP) is 3.21. The highest BCUT2D eigenvalue weighted by molar-refractivity contribution is 5.35. The molecule has 1 rings (SSSR count). The zero-order valence-corrected chi connectivity index (χ0v) is 9.63. The second-order valence-corrected chi connectivity index (χ2v) is 3.76. The summed E-state index contributed by atoms with van der Waals surface area (Å²) in [5, 5.41) is 0. The normalized spacial score (nSPS) is 13.5. The van der Waals surface area contributed by atoms with Crippen LogP contribution in [-0.4, -0.2) is 12.6 Å². The van der Waals surface area contributed by atoms with Crippen molar-refractivity contribution < 1.29 is 17.9 Å². The molecule has 1 aromatic rings. The average Bonchev–Trinajstić information content (AvgIpc) is 2.27. The molecule has 2 N–H and O–H groups in total. The molecule has 0 fully saturated rings. The molecule has 1 aromatic carbocycles. The lowest BCUT2D eigenvalue weighted by Crippen LogP contribution is -2.27. The number of halogens is 3. The van der Waals surface area contributed by atoms with Gasteiger partial charge in [-0.05, 0) is 18.6 Å². The summed E-state index contributed by atoms with van der Waals surface area (Å²) < 4.78 is 43.3. The Morgan fingerprint density at radius 2 is 1.94 bits per heavy atom. The first-order valence-corrected chi connectivity index (χ1v) is 5.52. The minimum Gasteiger partial charge on any atom is -0.488 e. The number of ether oxygens (including phenoxy) is 1. The third kappa shape index (κ3) is 3.93. The standard InChI is InChI=1S/C12H16F3NO/c1-2-5-9(8-16)17-11-7-4-3-6-10(11)12(13,14)15/h3-4,6-7,9H,2,5,8,16H2,1H3. The fourth-order valence-electron chi connectivity index (χ4n) is 1.53. The maximum Gasteiger partial charge on any atom is 0.419 e. The van der Waals surface area contributed by atoms with Crippen LogP contribution in [0.4, 0.5) is 13.2 Å². The Kier molecular flexibility index (Phi) is 4.81. The van der Waals surface area contributed by atoms with E-state index in [1.165, 1.54) is 18.2 Å². The minimum absolute atomic E-state index is 0.149. The highest BCUT2D eigenvalue weighted by atomic mass is 19.4. The first-order chi connectivity index (χ1) is 7.99. The van der Waals surface area contributed by atoms with Gasteiger partial charge >= 0.3 is 6.18 Å². The van der Waals surface area contributed by atoms with E-state index < -0.39 is 11.7 Å². The van der Waals surface area contributed by atoms with Crippen molar-refractivity contribution in [1.29, 1.82) is 0 Å². The SMILES string of the molecule is CCCC(CN)Oc1ccccc1C(F)(F)F. The molecule has 0 aromatic heterocycles. The van der Waals surface area contributed by atoms with Crippen LogP contribution in [0.2, 0.25) is 0 Å². The lowest BCUT2D eigenvalue weighted by Gasteiger charge is -2.20. The van der Waals surface area contributed by atoms with Gasteiger partial charge in [-0.1, -0.05) is 25.5 Å². The number of para-hydroxylation sites is 1. The number of hydrogen-bond acceptors (Lipinski definition) is 2. The van der Waals surface area contributed by atoms with Gasteiger partial charge in [0.25, 0.3) is 0 Å². The van der Waals surface area contributed by atoms with Crippen molar-refractivity contribution in [2.45, 2.75) is 32.0 Å². The molecule has 5 heteroatoms. The van der Waals surface area contributed by atoms with Gasteiger partial charge in [-0.2, -0.15) is 13.2 Å². The summed E-state index contributed by atoms with van der Waals surface area (Å²) in [5.41, 5.74) is 4.70. The molecule has 1 atom stereocenters. The summed E-state index contributed by atoms with van der Waals surface area (Å²) in [6, 6.07) is 5.19. The third-order valence-corrected chi connectivity index (χ3v) is 2.36. The van der Waals surface area contributed by atoms with E-state index in [-0.39, 0.29) is 18.4 Å². The number of benzene rings is 1. The molecule has 0 aliphatic carbocycles. The van der Waals surface area contributed by atoms with E-state index >= 15 is 0 Å². The zero-order chi connectivity index (χ0) is 12.9. The Labute approximate surface area is 98.6 Å². The second kappa shape index (κ2) is 5.91. The van der Waals surface area contributed by atoms with Crippen LogP contribution in [0.1, 0.15) is 25.3 Å². The van der Waals surface area contributed by atoms with Crippen molar-refractivity contribution in [1.82, 2.24) is 0 Å². The molecule has 0 spiro atoms. The van der Waals surface area contributed by atoms with Crippen LogP contribution >= 0.6 is 0 Å².